The zero-order valence-corrected chi connectivity index (χ0v) is 18.2. The number of carbonyl (C=O) groups is 3. The highest BCUT2D eigenvalue weighted by atomic mass is 16.2. The maximum absolute atomic E-state index is 12.9. The summed E-state index contributed by atoms with van der Waals surface area (Å²) in [6.45, 7) is 3.76. The van der Waals surface area contributed by atoms with Crippen LogP contribution in [0, 0.1) is 13.8 Å². The van der Waals surface area contributed by atoms with Crippen LogP contribution in [0.15, 0.2) is 53.3 Å². The maximum Gasteiger partial charge on any atom is 0.295 e. The second kappa shape index (κ2) is 8.30. The molecular weight excluding hydrogens is 408 g/mol. The van der Waals surface area contributed by atoms with Crippen molar-refractivity contribution in [2.45, 2.75) is 26.7 Å². The number of imide groups is 1. The third-order valence-corrected chi connectivity index (χ3v) is 5.73. The standard InChI is InChI=1S/C24H24N4O4/c1-15-11-12-18-19(14-15)23(31)27(22(18)30)13-7-10-20(29)25-21-16(2)26(3)28(24(21)32)17-8-5-4-6-9-17/h4-6,8-9,11-12,14H,7,10,13H2,1-3H3,(H,25,29). The van der Waals surface area contributed by atoms with Crippen molar-refractivity contribution in [3.05, 3.63) is 81.3 Å². The van der Waals surface area contributed by atoms with E-state index in [4.69, 9.17) is 0 Å². The van der Waals surface area contributed by atoms with Gasteiger partial charge in [0.05, 0.1) is 22.5 Å². The Hall–Kier alpha value is -3.94. The second-order valence-electron chi connectivity index (χ2n) is 7.90. The average Bonchev–Trinajstić information content (AvgIpc) is 3.13. The van der Waals surface area contributed by atoms with Crippen LogP contribution in [-0.4, -0.2) is 38.5 Å². The lowest BCUT2D eigenvalue weighted by atomic mass is 10.1. The van der Waals surface area contributed by atoms with Crippen LogP contribution in [0.5, 0.6) is 0 Å². The number of anilines is 1. The van der Waals surface area contributed by atoms with Crippen LogP contribution in [-0.2, 0) is 11.8 Å². The molecule has 0 radical (unpaired) electrons. The minimum atomic E-state index is -0.344. The highest BCUT2D eigenvalue weighted by molar-refractivity contribution is 6.21. The normalized spacial score (nSPS) is 12.9. The molecule has 1 aromatic heterocycles. The summed E-state index contributed by atoms with van der Waals surface area (Å²) in [5.41, 5.74) is 2.93. The molecule has 4 rings (SSSR count). The first kappa shape index (κ1) is 21.3. The third-order valence-electron chi connectivity index (χ3n) is 5.73. The summed E-state index contributed by atoms with van der Waals surface area (Å²) >= 11 is 0. The van der Waals surface area contributed by atoms with Gasteiger partial charge in [-0.15, -0.1) is 0 Å². The number of hydrogen-bond acceptors (Lipinski definition) is 4. The van der Waals surface area contributed by atoms with Gasteiger partial charge in [0.1, 0.15) is 5.69 Å². The Labute approximate surface area is 185 Å². The number of nitrogens with zero attached hydrogens (tertiary/aromatic N) is 3. The molecule has 164 valence electrons. The van der Waals surface area contributed by atoms with Crippen molar-refractivity contribution >= 4 is 23.4 Å². The lowest BCUT2D eigenvalue weighted by Gasteiger charge is -2.13. The van der Waals surface area contributed by atoms with E-state index in [9.17, 15) is 19.2 Å². The second-order valence-corrected chi connectivity index (χ2v) is 7.90. The van der Waals surface area contributed by atoms with Gasteiger partial charge in [0.25, 0.3) is 17.4 Å². The van der Waals surface area contributed by atoms with E-state index in [2.05, 4.69) is 5.32 Å². The number of benzene rings is 2. The van der Waals surface area contributed by atoms with Crippen LogP contribution >= 0.6 is 0 Å². The number of aryl methyl sites for hydroxylation is 1. The third kappa shape index (κ3) is 3.64. The average molecular weight is 432 g/mol. The summed E-state index contributed by atoms with van der Waals surface area (Å²) < 4.78 is 3.18. The Balaban J connectivity index is 1.41. The molecule has 0 atom stereocenters. The van der Waals surface area contributed by atoms with E-state index in [1.54, 1.807) is 36.9 Å². The maximum atomic E-state index is 12.9. The van der Waals surface area contributed by atoms with Gasteiger partial charge in [-0.05, 0) is 44.5 Å². The van der Waals surface area contributed by atoms with E-state index in [0.29, 0.717) is 28.9 Å². The van der Waals surface area contributed by atoms with Crippen LogP contribution in [0.1, 0.15) is 44.8 Å². The number of hydrogen-bond donors (Lipinski definition) is 1. The molecule has 1 aliphatic heterocycles. The minimum Gasteiger partial charge on any atom is -0.320 e. The van der Waals surface area contributed by atoms with Crippen LogP contribution in [0.25, 0.3) is 5.69 Å². The number of aromatic nitrogens is 2. The van der Waals surface area contributed by atoms with Gasteiger partial charge >= 0.3 is 0 Å². The molecule has 0 saturated carbocycles. The molecule has 3 aromatic rings. The first-order valence-electron chi connectivity index (χ1n) is 10.4. The van der Waals surface area contributed by atoms with Gasteiger partial charge < -0.3 is 5.32 Å². The summed E-state index contributed by atoms with van der Waals surface area (Å²) in [4.78, 5) is 51.6. The molecule has 2 aromatic carbocycles. The SMILES string of the molecule is Cc1ccc2c(c1)C(=O)N(CCCC(=O)Nc1c(C)n(C)n(-c3ccccc3)c1=O)C2=O. The van der Waals surface area contributed by atoms with Crippen molar-refractivity contribution in [2.75, 3.05) is 11.9 Å². The van der Waals surface area contributed by atoms with E-state index in [-0.39, 0.29) is 41.9 Å². The number of carbonyl (C=O) groups excluding carboxylic acids is 3. The lowest BCUT2D eigenvalue weighted by Crippen LogP contribution is -2.31. The first-order chi connectivity index (χ1) is 15.3. The summed E-state index contributed by atoms with van der Waals surface area (Å²) in [7, 11) is 1.75. The quantitative estimate of drug-likeness (QED) is 0.606. The molecule has 0 unspecified atom stereocenters. The zero-order valence-electron chi connectivity index (χ0n) is 18.2. The molecule has 0 fully saturated rings. The summed E-state index contributed by atoms with van der Waals surface area (Å²) in [5.74, 6) is -1.02. The molecule has 8 nitrogen and oxygen atoms in total. The van der Waals surface area contributed by atoms with Crippen molar-refractivity contribution in [2.24, 2.45) is 7.05 Å². The van der Waals surface area contributed by atoms with E-state index in [0.717, 1.165) is 5.56 Å². The fourth-order valence-electron chi connectivity index (χ4n) is 3.92. The van der Waals surface area contributed by atoms with Crippen molar-refractivity contribution in [3.8, 4) is 5.69 Å². The van der Waals surface area contributed by atoms with E-state index >= 15 is 0 Å². The van der Waals surface area contributed by atoms with Gasteiger partial charge in [0.15, 0.2) is 0 Å². The molecule has 32 heavy (non-hydrogen) atoms. The predicted molar refractivity (Wildman–Crippen MR) is 120 cm³/mol. The molecule has 8 heteroatoms. The number of para-hydroxylation sites is 1. The lowest BCUT2D eigenvalue weighted by molar-refractivity contribution is -0.116. The van der Waals surface area contributed by atoms with Gasteiger partial charge in [0, 0.05) is 20.0 Å². The highest BCUT2D eigenvalue weighted by Crippen LogP contribution is 2.24. The van der Waals surface area contributed by atoms with Crippen molar-refractivity contribution in [3.63, 3.8) is 0 Å². The molecule has 0 aliphatic carbocycles. The molecule has 3 amide bonds. The van der Waals surface area contributed by atoms with Crippen molar-refractivity contribution < 1.29 is 14.4 Å². The minimum absolute atomic E-state index is 0.0749. The van der Waals surface area contributed by atoms with Crippen LogP contribution in [0.2, 0.25) is 0 Å². The van der Waals surface area contributed by atoms with Gasteiger partial charge in [-0.1, -0.05) is 29.8 Å². The monoisotopic (exact) mass is 432 g/mol. The van der Waals surface area contributed by atoms with Gasteiger partial charge in [-0.2, -0.15) is 0 Å². The van der Waals surface area contributed by atoms with Crippen LogP contribution in [0.3, 0.4) is 0 Å². The fourth-order valence-corrected chi connectivity index (χ4v) is 3.92. The number of fused-ring (bicyclic) bond motifs is 1. The molecule has 0 saturated heterocycles. The zero-order chi connectivity index (χ0) is 23.0. The van der Waals surface area contributed by atoms with E-state index in [1.165, 1.54) is 9.58 Å². The molecule has 2 heterocycles. The Bertz CT molecular complexity index is 1290. The smallest absolute Gasteiger partial charge is 0.295 e. The highest BCUT2D eigenvalue weighted by Gasteiger charge is 2.35. The van der Waals surface area contributed by atoms with Gasteiger partial charge in [0.2, 0.25) is 5.91 Å². The van der Waals surface area contributed by atoms with E-state index in [1.807, 2.05) is 37.3 Å². The summed E-state index contributed by atoms with van der Waals surface area (Å²) in [6.07, 6.45) is 0.376. The Morgan fingerprint density at radius 3 is 2.34 bits per heavy atom. The van der Waals surface area contributed by atoms with Gasteiger partial charge in [-0.25, -0.2) is 4.68 Å². The summed E-state index contributed by atoms with van der Waals surface area (Å²) in [5, 5.41) is 2.70. The Morgan fingerprint density at radius 2 is 1.62 bits per heavy atom. The van der Waals surface area contributed by atoms with Crippen molar-refractivity contribution in [1.82, 2.24) is 14.3 Å². The molecular formula is C24H24N4O4. The largest absolute Gasteiger partial charge is 0.320 e. The molecule has 1 N–H and O–H groups in total. The van der Waals surface area contributed by atoms with E-state index < -0.39 is 0 Å². The summed E-state index contributed by atoms with van der Waals surface area (Å²) in [6, 6.07) is 14.3. The van der Waals surface area contributed by atoms with Crippen LogP contribution < -0.4 is 10.9 Å². The topological polar surface area (TPSA) is 93.4 Å². The predicted octanol–water partition coefficient (Wildman–Crippen LogP) is 2.81. The fraction of sp³-hybridized carbons (Fsp3) is 0.250. The van der Waals surface area contributed by atoms with Gasteiger partial charge in [-0.3, -0.25) is 28.8 Å². The number of rotatable bonds is 6. The first-order valence-corrected chi connectivity index (χ1v) is 10.4. The Kier molecular flexibility index (Phi) is 5.52. The Morgan fingerprint density at radius 1 is 0.938 bits per heavy atom. The van der Waals surface area contributed by atoms with Crippen LogP contribution in [0.4, 0.5) is 5.69 Å². The molecule has 1 aliphatic rings. The van der Waals surface area contributed by atoms with Crippen molar-refractivity contribution in [1.29, 1.82) is 0 Å². The molecule has 0 bridgehead atoms. The number of nitrogens with one attached hydrogen (secondary N) is 1. The molecule has 0 spiro atoms. The number of amides is 3.